The van der Waals surface area contributed by atoms with Gasteiger partial charge in [-0.15, -0.1) is 0 Å². The number of carbonyl (C=O) groups is 2. The smallest absolute Gasteiger partial charge is 0.240 e. The van der Waals surface area contributed by atoms with Crippen molar-refractivity contribution in [3.63, 3.8) is 0 Å². The van der Waals surface area contributed by atoms with E-state index in [0.29, 0.717) is 13.0 Å². The van der Waals surface area contributed by atoms with Crippen LogP contribution in [0.1, 0.15) is 31.7 Å². The molecule has 1 aromatic rings. The number of phenolic OH excluding ortho intramolecular Hbond substituents is 1. The van der Waals surface area contributed by atoms with Crippen molar-refractivity contribution < 1.29 is 14.7 Å². The Morgan fingerprint density at radius 1 is 1.20 bits per heavy atom. The lowest BCUT2D eigenvalue weighted by molar-refractivity contribution is -0.127. The Bertz CT molecular complexity index is 597. The van der Waals surface area contributed by atoms with Gasteiger partial charge in [0.1, 0.15) is 11.8 Å². The van der Waals surface area contributed by atoms with Crippen molar-refractivity contribution in [3.05, 3.63) is 29.8 Å². The van der Waals surface area contributed by atoms with Crippen LogP contribution in [0, 0.1) is 5.92 Å². The number of primary amides is 1. The van der Waals surface area contributed by atoms with Crippen LogP contribution in [0.5, 0.6) is 5.75 Å². The third-order valence-corrected chi connectivity index (χ3v) is 3.74. The maximum Gasteiger partial charge on any atom is 0.240 e. The second-order valence-electron chi connectivity index (χ2n) is 6.15. The van der Waals surface area contributed by atoms with E-state index in [0.717, 1.165) is 18.4 Å². The fraction of sp³-hybridized carbons (Fsp3) is 0.471. The predicted octanol–water partition coefficient (Wildman–Crippen LogP) is -0.0154. The van der Waals surface area contributed by atoms with Gasteiger partial charge in [0, 0.05) is 19.4 Å². The van der Waals surface area contributed by atoms with E-state index in [4.69, 9.17) is 17.2 Å². The first-order valence-electron chi connectivity index (χ1n) is 8.20. The van der Waals surface area contributed by atoms with Crippen LogP contribution in [0.4, 0.5) is 0 Å². The summed E-state index contributed by atoms with van der Waals surface area (Å²) in [7, 11) is 0. The summed E-state index contributed by atoms with van der Waals surface area (Å²) in [5.41, 5.74) is 16.7. The Labute approximate surface area is 147 Å². The minimum absolute atomic E-state index is 0.0592. The largest absolute Gasteiger partial charge is 0.508 e. The molecule has 0 aliphatic rings. The molecule has 0 bridgehead atoms. The van der Waals surface area contributed by atoms with Crippen molar-refractivity contribution in [2.75, 3.05) is 6.54 Å². The van der Waals surface area contributed by atoms with E-state index in [-0.39, 0.29) is 30.0 Å². The van der Waals surface area contributed by atoms with Crippen LogP contribution in [0.15, 0.2) is 29.3 Å². The molecular formula is C17H27N5O3. The number of nitrogens with zero attached hydrogens (tertiary/aromatic N) is 1. The first-order valence-corrected chi connectivity index (χ1v) is 8.20. The number of hydrogen-bond acceptors (Lipinski definition) is 4. The molecule has 0 aliphatic carbocycles. The molecule has 0 spiro atoms. The van der Waals surface area contributed by atoms with Crippen LogP contribution < -0.4 is 22.5 Å². The maximum atomic E-state index is 12.1. The summed E-state index contributed by atoms with van der Waals surface area (Å²) in [6, 6.07) is 5.63. The molecule has 8 heteroatoms. The van der Waals surface area contributed by atoms with Gasteiger partial charge in [0.25, 0.3) is 0 Å². The number of carbonyl (C=O) groups excluding carboxylic acids is 2. The Hall–Kier alpha value is -2.77. The third-order valence-electron chi connectivity index (χ3n) is 3.74. The van der Waals surface area contributed by atoms with Crippen molar-refractivity contribution in [3.8, 4) is 5.75 Å². The van der Waals surface area contributed by atoms with Gasteiger partial charge in [-0.25, -0.2) is 0 Å². The van der Waals surface area contributed by atoms with Gasteiger partial charge >= 0.3 is 0 Å². The lowest BCUT2D eigenvalue weighted by Crippen LogP contribution is -2.46. The fourth-order valence-electron chi connectivity index (χ4n) is 2.41. The lowest BCUT2D eigenvalue weighted by Gasteiger charge is -2.17. The molecule has 8 N–H and O–H groups in total. The molecule has 2 atom stereocenters. The normalized spacial score (nSPS) is 12.8. The first-order chi connectivity index (χ1) is 11.8. The number of phenols is 1. The highest BCUT2D eigenvalue weighted by Crippen LogP contribution is 2.13. The molecule has 2 amide bonds. The molecule has 0 aliphatic heterocycles. The summed E-state index contributed by atoms with van der Waals surface area (Å²) in [5.74, 6) is -0.489. The van der Waals surface area contributed by atoms with Gasteiger partial charge in [0.15, 0.2) is 5.96 Å². The van der Waals surface area contributed by atoms with E-state index < -0.39 is 11.9 Å². The van der Waals surface area contributed by atoms with E-state index in [1.807, 2.05) is 6.92 Å². The molecule has 138 valence electrons. The van der Waals surface area contributed by atoms with Gasteiger partial charge in [-0.2, -0.15) is 0 Å². The van der Waals surface area contributed by atoms with Crippen LogP contribution in [0.2, 0.25) is 0 Å². The monoisotopic (exact) mass is 349 g/mol. The molecule has 0 fully saturated rings. The highest BCUT2D eigenvalue weighted by Gasteiger charge is 2.19. The number of aliphatic imine (C=N–C) groups is 1. The predicted molar refractivity (Wildman–Crippen MR) is 96.6 cm³/mol. The quantitative estimate of drug-likeness (QED) is 0.228. The van der Waals surface area contributed by atoms with Gasteiger partial charge in [0.2, 0.25) is 11.8 Å². The van der Waals surface area contributed by atoms with E-state index in [1.165, 1.54) is 12.1 Å². The number of nitrogens with two attached hydrogens (primary N) is 3. The highest BCUT2D eigenvalue weighted by molar-refractivity contribution is 5.86. The SMILES string of the molecule is CC(CCCN=C(N)N)CC(=O)N[C@@H](Cc1ccc(O)cc1)C(N)=O. The second-order valence-corrected chi connectivity index (χ2v) is 6.15. The Kier molecular flexibility index (Phi) is 8.25. The summed E-state index contributed by atoms with van der Waals surface area (Å²) >= 11 is 0. The van der Waals surface area contributed by atoms with Crippen LogP contribution in [0.25, 0.3) is 0 Å². The Morgan fingerprint density at radius 3 is 2.40 bits per heavy atom. The zero-order chi connectivity index (χ0) is 18.8. The number of benzene rings is 1. The number of amides is 2. The molecule has 0 heterocycles. The van der Waals surface area contributed by atoms with E-state index in [1.54, 1.807) is 12.1 Å². The number of rotatable bonds is 10. The molecular weight excluding hydrogens is 322 g/mol. The van der Waals surface area contributed by atoms with E-state index >= 15 is 0 Å². The van der Waals surface area contributed by atoms with Gasteiger partial charge in [-0.3, -0.25) is 14.6 Å². The Balaban J connectivity index is 2.46. The number of nitrogens with one attached hydrogen (secondary N) is 1. The van der Waals surface area contributed by atoms with Crippen LogP contribution >= 0.6 is 0 Å². The number of hydrogen-bond donors (Lipinski definition) is 5. The minimum Gasteiger partial charge on any atom is -0.508 e. The van der Waals surface area contributed by atoms with Crippen molar-refractivity contribution in [1.29, 1.82) is 0 Å². The average Bonchev–Trinajstić information content (AvgIpc) is 2.52. The lowest BCUT2D eigenvalue weighted by atomic mass is 10.0. The Morgan fingerprint density at radius 2 is 1.84 bits per heavy atom. The summed E-state index contributed by atoms with van der Waals surface area (Å²) in [5, 5.41) is 12.0. The van der Waals surface area contributed by atoms with Crippen molar-refractivity contribution in [1.82, 2.24) is 5.32 Å². The summed E-state index contributed by atoms with van der Waals surface area (Å²) in [4.78, 5) is 27.6. The molecule has 1 aromatic carbocycles. The minimum atomic E-state index is -0.786. The topological polar surface area (TPSA) is 157 Å². The molecule has 0 radical (unpaired) electrons. The summed E-state index contributed by atoms with van der Waals surface area (Å²) in [6.07, 6.45) is 2.14. The average molecular weight is 349 g/mol. The van der Waals surface area contributed by atoms with Gasteiger partial charge in [0.05, 0.1) is 0 Å². The molecule has 0 saturated heterocycles. The third kappa shape index (κ3) is 8.59. The summed E-state index contributed by atoms with van der Waals surface area (Å²) < 4.78 is 0. The number of aromatic hydroxyl groups is 1. The molecule has 8 nitrogen and oxygen atoms in total. The zero-order valence-electron chi connectivity index (χ0n) is 14.4. The van der Waals surface area contributed by atoms with E-state index in [2.05, 4.69) is 10.3 Å². The molecule has 0 saturated carbocycles. The van der Waals surface area contributed by atoms with Gasteiger partial charge in [-0.1, -0.05) is 19.1 Å². The second kappa shape index (κ2) is 10.2. The summed E-state index contributed by atoms with van der Waals surface area (Å²) in [6.45, 7) is 2.48. The van der Waals surface area contributed by atoms with Crippen LogP contribution in [0.3, 0.4) is 0 Å². The molecule has 1 unspecified atom stereocenters. The van der Waals surface area contributed by atoms with Crippen molar-refractivity contribution in [2.24, 2.45) is 28.1 Å². The molecule has 0 aromatic heterocycles. The maximum absolute atomic E-state index is 12.1. The van der Waals surface area contributed by atoms with Gasteiger partial charge < -0.3 is 27.6 Å². The number of guanidine groups is 1. The zero-order valence-corrected chi connectivity index (χ0v) is 14.4. The fourth-order valence-corrected chi connectivity index (χ4v) is 2.41. The first kappa shape index (κ1) is 20.3. The van der Waals surface area contributed by atoms with Crippen molar-refractivity contribution in [2.45, 2.75) is 38.6 Å². The van der Waals surface area contributed by atoms with Crippen LogP contribution in [-0.4, -0.2) is 35.5 Å². The molecule has 1 rings (SSSR count). The molecule has 25 heavy (non-hydrogen) atoms. The van der Waals surface area contributed by atoms with Crippen LogP contribution in [-0.2, 0) is 16.0 Å². The van der Waals surface area contributed by atoms with Gasteiger partial charge in [-0.05, 0) is 36.5 Å². The van der Waals surface area contributed by atoms with Crippen molar-refractivity contribution >= 4 is 17.8 Å². The van der Waals surface area contributed by atoms with E-state index in [9.17, 15) is 14.7 Å². The highest BCUT2D eigenvalue weighted by atomic mass is 16.3. The standard InChI is InChI=1S/C17H27N5O3/c1-11(3-2-8-21-17(19)20)9-15(24)22-14(16(18)25)10-12-4-6-13(23)7-5-12/h4-7,11,14,23H,2-3,8-10H2,1H3,(H2,18,25)(H,22,24)(H4,19,20,21)/t11?,14-/m0/s1.